The topological polar surface area (TPSA) is 49.5 Å². The van der Waals surface area contributed by atoms with Gasteiger partial charge < -0.3 is 9.63 Å². The number of aryl methyl sites for hydroxylation is 2. The average Bonchev–Trinajstić information content (AvgIpc) is 2.64. The Labute approximate surface area is 103 Å². The van der Waals surface area contributed by atoms with Crippen LogP contribution in [-0.2, 0) is 6.54 Å². The maximum Gasteiger partial charge on any atom is 0.138 e. The van der Waals surface area contributed by atoms with Crippen molar-refractivity contribution in [2.24, 2.45) is 0 Å². The van der Waals surface area contributed by atoms with Gasteiger partial charge in [-0.1, -0.05) is 11.6 Å². The molecule has 96 valence electrons. The van der Waals surface area contributed by atoms with Crippen molar-refractivity contribution in [3.05, 3.63) is 17.0 Å². The molecule has 1 aliphatic heterocycles. The molecule has 0 radical (unpaired) electrons. The summed E-state index contributed by atoms with van der Waals surface area (Å²) >= 11 is 0. The van der Waals surface area contributed by atoms with Crippen LogP contribution in [0.2, 0.25) is 0 Å². The van der Waals surface area contributed by atoms with E-state index in [9.17, 15) is 0 Å². The number of rotatable bonds is 4. The molecule has 2 heterocycles. The molecule has 1 N–H and O–H groups in total. The van der Waals surface area contributed by atoms with Gasteiger partial charge in [-0.2, -0.15) is 0 Å². The highest BCUT2D eigenvalue weighted by Gasteiger charge is 2.23. The molecule has 1 fully saturated rings. The highest BCUT2D eigenvalue weighted by atomic mass is 16.5. The number of aliphatic hydroxyl groups excluding tert-OH is 1. The Hall–Kier alpha value is -0.870. The second-order valence-electron chi connectivity index (χ2n) is 4.94. The van der Waals surface area contributed by atoms with Gasteiger partial charge in [0.1, 0.15) is 5.76 Å². The first-order valence-corrected chi connectivity index (χ1v) is 6.49. The standard InChI is InChI=1S/C13H22N2O2/c1-10-13(11(2)17-14-10)9-15-7-4-3-5-12(15)6-8-16/h12,16H,3-9H2,1-2H3. The summed E-state index contributed by atoms with van der Waals surface area (Å²) in [4.78, 5) is 2.46. The minimum absolute atomic E-state index is 0.281. The maximum atomic E-state index is 9.11. The molecule has 1 saturated heterocycles. The number of piperidine rings is 1. The summed E-state index contributed by atoms with van der Waals surface area (Å²) in [6.45, 7) is 6.28. The average molecular weight is 238 g/mol. The molecule has 1 unspecified atom stereocenters. The van der Waals surface area contributed by atoms with E-state index in [0.29, 0.717) is 6.04 Å². The summed E-state index contributed by atoms with van der Waals surface area (Å²) in [5, 5.41) is 13.1. The molecule has 1 aliphatic rings. The third-order valence-corrected chi connectivity index (χ3v) is 3.75. The fourth-order valence-electron chi connectivity index (χ4n) is 2.67. The summed E-state index contributed by atoms with van der Waals surface area (Å²) in [5.74, 6) is 0.927. The minimum atomic E-state index is 0.281. The fraction of sp³-hybridized carbons (Fsp3) is 0.769. The van der Waals surface area contributed by atoms with Crippen molar-refractivity contribution >= 4 is 0 Å². The number of aliphatic hydroxyl groups is 1. The van der Waals surface area contributed by atoms with E-state index in [1.54, 1.807) is 0 Å². The van der Waals surface area contributed by atoms with Crippen molar-refractivity contribution in [2.45, 2.75) is 52.1 Å². The second-order valence-corrected chi connectivity index (χ2v) is 4.94. The fourth-order valence-corrected chi connectivity index (χ4v) is 2.67. The summed E-state index contributed by atoms with van der Waals surface area (Å²) in [6.07, 6.45) is 4.61. The molecule has 0 aromatic carbocycles. The van der Waals surface area contributed by atoms with Gasteiger partial charge in [0.2, 0.25) is 0 Å². The molecular formula is C13H22N2O2. The molecule has 4 nitrogen and oxygen atoms in total. The van der Waals surface area contributed by atoms with Gasteiger partial charge in [-0.25, -0.2) is 0 Å². The molecule has 4 heteroatoms. The van der Waals surface area contributed by atoms with Crippen LogP contribution in [-0.4, -0.2) is 34.4 Å². The van der Waals surface area contributed by atoms with Crippen LogP contribution in [0.4, 0.5) is 0 Å². The minimum Gasteiger partial charge on any atom is -0.396 e. The first-order chi connectivity index (χ1) is 8.22. The molecule has 2 rings (SSSR count). The Kier molecular flexibility index (Phi) is 4.18. The van der Waals surface area contributed by atoms with E-state index in [1.165, 1.54) is 24.8 Å². The predicted octanol–water partition coefficient (Wildman–Crippen LogP) is 2.03. The second kappa shape index (κ2) is 5.65. The molecule has 0 spiro atoms. The zero-order valence-electron chi connectivity index (χ0n) is 10.8. The zero-order valence-corrected chi connectivity index (χ0v) is 10.8. The Morgan fingerprint density at radius 2 is 2.24 bits per heavy atom. The van der Waals surface area contributed by atoms with Crippen molar-refractivity contribution in [1.82, 2.24) is 10.1 Å². The van der Waals surface area contributed by atoms with Crippen molar-refractivity contribution in [3.63, 3.8) is 0 Å². The molecule has 17 heavy (non-hydrogen) atoms. The van der Waals surface area contributed by atoms with Crippen LogP contribution < -0.4 is 0 Å². The Morgan fingerprint density at radius 3 is 2.88 bits per heavy atom. The monoisotopic (exact) mass is 238 g/mol. The Bertz CT molecular complexity index is 341. The molecule has 1 aromatic heterocycles. The van der Waals surface area contributed by atoms with Crippen molar-refractivity contribution in [2.75, 3.05) is 13.2 Å². The van der Waals surface area contributed by atoms with Crippen LogP contribution in [0, 0.1) is 13.8 Å². The number of aromatic nitrogens is 1. The van der Waals surface area contributed by atoms with Crippen LogP contribution in [0.15, 0.2) is 4.52 Å². The van der Waals surface area contributed by atoms with E-state index >= 15 is 0 Å². The first-order valence-electron chi connectivity index (χ1n) is 6.49. The quantitative estimate of drug-likeness (QED) is 0.872. The van der Waals surface area contributed by atoms with Crippen LogP contribution >= 0.6 is 0 Å². The highest BCUT2D eigenvalue weighted by molar-refractivity contribution is 5.20. The smallest absolute Gasteiger partial charge is 0.138 e. The lowest BCUT2D eigenvalue weighted by atomic mass is 9.98. The molecule has 0 amide bonds. The SMILES string of the molecule is Cc1noc(C)c1CN1CCCCC1CCO. The van der Waals surface area contributed by atoms with Gasteiger partial charge in [-0.15, -0.1) is 0 Å². The third kappa shape index (κ3) is 2.87. The third-order valence-electron chi connectivity index (χ3n) is 3.75. The maximum absolute atomic E-state index is 9.11. The van der Waals surface area contributed by atoms with E-state index in [2.05, 4.69) is 10.1 Å². The van der Waals surface area contributed by atoms with Gasteiger partial charge in [-0.05, 0) is 39.7 Å². The van der Waals surface area contributed by atoms with Crippen LogP contribution in [0.25, 0.3) is 0 Å². The van der Waals surface area contributed by atoms with Gasteiger partial charge >= 0.3 is 0 Å². The Balaban J connectivity index is 2.05. The van der Waals surface area contributed by atoms with E-state index < -0.39 is 0 Å². The molecular weight excluding hydrogens is 216 g/mol. The first kappa shape index (κ1) is 12.6. The highest BCUT2D eigenvalue weighted by Crippen LogP contribution is 2.24. The summed E-state index contributed by atoms with van der Waals surface area (Å²) in [5.41, 5.74) is 2.21. The number of likely N-dealkylation sites (tertiary alicyclic amines) is 1. The number of hydrogen-bond acceptors (Lipinski definition) is 4. The van der Waals surface area contributed by atoms with Crippen molar-refractivity contribution < 1.29 is 9.63 Å². The van der Waals surface area contributed by atoms with Crippen LogP contribution in [0.1, 0.15) is 42.7 Å². The largest absolute Gasteiger partial charge is 0.396 e. The van der Waals surface area contributed by atoms with Crippen molar-refractivity contribution in [3.8, 4) is 0 Å². The lowest BCUT2D eigenvalue weighted by Crippen LogP contribution is -2.39. The lowest BCUT2D eigenvalue weighted by molar-refractivity contribution is 0.112. The molecule has 1 aromatic rings. The molecule has 0 bridgehead atoms. The van der Waals surface area contributed by atoms with E-state index in [0.717, 1.165) is 31.0 Å². The number of nitrogens with zero attached hydrogens (tertiary/aromatic N) is 2. The summed E-state index contributed by atoms with van der Waals surface area (Å²) in [6, 6.07) is 0.516. The summed E-state index contributed by atoms with van der Waals surface area (Å²) < 4.78 is 5.21. The van der Waals surface area contributed by atoms with Gasteiger partial charge in [0.05, 0.1) is 5.69 Å². The van der Waals surface area contributed by atoms with E-state index in [1.807, 2.05) is 13.8 Å². The van der Waals surface area contributed by atoms with Gasteiger partial charge in [0.25, 0.3) is 0 Å². The molecule has 1 atom stereocenters. The summed E-state index contributed by atoms with van der Waals surface area (Å²) in [7, 11) is 0. The zero-order chi connectivity index (χ0) is 12.3. The van der Waals surface area contributed by atoms with E-state index in [-0.39, 0.29) is 6.61 Å². The predicted molar refractivity (Wildman–Crippen MR) is 65.7 cm³/mol. The van der Waals surface area contributed by atoms with Crippen LogP contribution in [0.5, 0.6) is 0 Å². The molecule has 0 saturated carbocycles. The van der Waals surface area contributed by atoms with Gasteiger partial charge in [0, 0.05) is 24.8 Å². The van der Waals surface area contributed by atoms with Crippen molar-refractivity contribution in [1.29, 1.82) is 0 Å². The molecule has 0 aliphatic carbocycles. The van der Waals surface area contributed by atoms with Gasteiger partial charge in [0.15, 0.2) is 0 Å². The van der Waals surface area contributed by atoms with E-state index in [4.69, 9.17) is 9.63 Å². The van der Waals surface area contributed by atoms with Gasteiger partial charge in [-0.3, -0.25) is 4.90 Å². The van der Waals surface area contributed by atoms with Crippen LogP contribution in [0.3, 0.4) is 0 Å². The Morgan fingerprint density at radius 1 is 1.41 bits per heavy atom. The number of hydrogen-bond donors (Lipinski definition) is 1. The normalized spacial score (nSPS) is 21.9. The lowest BCUT2D eigenvalue weighted by Gasteiger charge is -2.35.